The van der Waals surface area contributed by atoms with Gasteiger partial charge in [0.2, 0.25) is 11.8 Å². The quantitative estimate of drug-likeness (QED) is 0.579. The summed E-state index contributed by atoms with van der Waals surface area (Å²) in [6.07, 6.45) is 2.59. The van der Waals surface area contributed by atoms with E-state index in [2.05, 4.69) is 29.2 Å². The second-order valence-electron chi connectivity index (χ2n) is 8.43. The minimum absolute atomic E-state index is 0.0417. The van der Waals surface area contributed by atoms with E-state index in [9.17, 15) is 18.0 Å². The highest BCUT2D eigenvalue weighted by Gasteiger charge is 2.45. The molecule has 166 valence electrons. The summed E-state index contributed by atoms with van der Waals surface area (Å²) >= 11 is 0. The maximum atomic E-state index is 12.8. The minimum atomic E-state index is -3.77. The van der Waals surface area contributed by atoms with Crippen LogP contribution in [0.3, 0.4) is 0 Å². The number of sulfonamides is 1. The summed E-state index contributed by atoms with van der Waals surface area (Å²) in [6.45, 7) is 6.14. The molecule has 3 rings (SSSR count). The van der Waals surface area contributed by atoms with E-state index >= 15 is 0 Å². The highest BCUT2D eigenvalue weighted by atomic mass is 32.2. The molecule has 1 saturated carbocycles. The average molecular weight is 444 g/mol. The Morgan fingerprint density at radius 3 is 2.03 bits per heavy atom. The molecule has 1 fully saturated rings. The number of hydrogen-bond acceptors (Lipinski definition) is 4. The summed E-state index contributed by atoms with van der Waals surface area (Å²) in [5.74, 6) is 0.196. The van der Waals surface area contributed by atoms with Gasteiger partial charge in [0.15, 0.2) is 0 Å². The first-order valence-corrected chi connectivity index (χ1v) is 11.9. The van der Waals surface area contributed by atoms with Crippen LogP contribution in [0.4, 0.5) is 11.4 Å². The molecule has 7 nitrogen and oxygen atoms in total. The molecule has 0 heterocycles. The van der Waals surface area contributed by atoms with Crippen molar-refractivity contribution in [3.05, 3.63) is 54.1 Å². The second-order valence-corrected chi connectivity index (χ2v) is 10.1. The lowest BCUT2D eigenvalue weighted by Crippen LogP contribution is -2.49. The minimum Gasteiger partial charge on any atom is -0.355 e. The van der Waals surface area contributed by atoms with Crippen molar-refractivity contribution in [1.29, 1.82) is 0 Å². The van der Waals surface area contributed by atoms with Crippen LogP contribution in [0.5, 0.6) is 0 Å². The molecule has 0 aliphatic heterocycles. The maximum absolute atomic E-state index is 12.8. The van der Waals surface area contributed by atoms with Crippen LogP contribution in [0, 0.1) is 5.92 Å². The van der Waals surface area contributed by atoms with Crippen molar-refractivity contribution in [3.63, 3.8) is 0 Å². The zero-order valence-electron chi connectivity index (χ0n) is 18.1. The van der Waals surface area contributed by atoms with E-state index in [0.29, 0.717) is 23.8 Å². The van der Waals surface area contributed by atoms with E-state index in [-0.39, 0.29) is 16.7 Å². The Morgan fingerprint density at radius 2 is 1.55 bits per heavy atom. The van der Waals surface area contributed by atoms with E-state index in [4.69, 9.17) is 0 Å². The predicted molar refractivity (Wildman–Crippen MR) is 121 cm³/mol. The fourth-order valence-electron chi connectivity index (χ4n) is 3.64. The molecule has 3 N–H and O–H groups in total. The Labute approximate surface area is 183 Å². The predicted octanol–water partition coefficient (Wildman–Crippen LogP) is 3.64. The maximum Gasteiger partial charge on any atom is 0.261 e. The molecule has 1 aliphatic rings. The molecular weight excluding hydrogens is 414 g/mol. The lowest BCUT2D eigenvalue weighted by atomic mass is 9.63. The van der Waals surface area contributed by atoms with Crippen molar-refractivity contribution in [2.24, 2.45) is 5.92 Å². The van der Waals surface area contributed by atoms with E-state index in [1.54, 1.807) is 12.1 Å². The first-order valence-electron chi connectivity index (χ1n) is 10.4. The van der Waals surface area contributed by atoms with Crippen LogP contribution in [-0.4, -0.2) is 26.8 Å². The highest BCUT2D eigenvalue weighted by molar-refractivity contribution is 7.92. The molecule has 2 aromatic rings. The number of rotatable bonds is 8. The third-order valence-electron chi connectivity index (χ3n) is 5.49. The molecule has 0 saturated heterocycles. The number of amides is 2. The summed E-state index contributed by atoms with van der Waals surface area (Å²) in [7, 11) is -3.77. The van der Waals surface area contributed by atoms with Gasteiger partial charge in [-0.05, 0) is 60.7 Å². The summed E-state index contributed by atoms with van der Waals surface area (Å²) in [6, 6.07) is 13.0. The molecule has 0 unspecified atom stereocenters. The highest BCUT2D eigenvalue weighted by Crippen LogP contribution is 2.44. The van der Waals surface area contributed by atoms with Crippen LogP contribution in [0.25, 0.3) is 0 Å². The third kappa shape index (κ3) is 5.25. The van der Waals surface area contributed by atoms with Crippen molar-refractivity contribution in [2.45, 2.75) is 50.3 Å². The van der Waals surface area contributed by atoms with Crippen molar-refractivity contribution in [2.75, 3.05) is 16.6 Å². The summed E-state index contributed by atoms with van der Waals surface area (Å²) in [5.41, 5.74) is 1.33. The smallest absolute Gasteiger partial charge is 0.261 e. The number of carbonyl (C=O) groups excluding carboxylic acids is 2. The Balaban J connectivity index is 1.72. The van der Waals surface area contributed by atoms with Crippen molar-refractivity contribution < 1.29 is 18.0 Å². The summed E-state index contributed by atoms with van der Waals surface area (Å²) < 4.78 is 27.9. The fourth-order valence-corrected chi connectivity index (χ4v) is 4.69. The van der Waals surface area contributed by atoms with Gasteiger partial charge >= 0.3 is 0 Å². The van der Waals surface area contributed by atoms with Gasteiger partial charge in [-0.2, -0.15) is 0 Å². The van der Waals surface area contributed by atoms with Crippen LogP contribution in [0.15, 0.2) is 53.4 Å². The molecule has 0 bridgehead atoms. The van der Waals surface area contributed by atoms with Crippen LogP contribution < -0.4 is 15.4 Å². The molecule has 1 aliphatic carbocycles. The first kappa shape index (κ1) is 22.8. The van der Waals surface area contributed by atoms with Gasteiger partial charge in [0.1, 0.15) is 0 Å². The molecule has 31 heavy (non-hydrogen) atoms. The number of carbonyl (C=O) groups is 2. The molecule has 8 heteroatoms. The van der Waals surface area contributed by atoms with Gasteiger partial charge in [0.05, 0.1) is 10.3 Å². The van der Waals surface area contributed by atoms with Gasteiger partial charge in [-0.3, -0.25) is 14.3 Å². The number of nitrogens with one attached hydrogen (secondary N) is 3. The number of anilines is 2. The molecule has 0 spiro atoms. The first-order chi connectivity index (χ1) is 14.6. The average Bonchev–Trinajstić information content (AvgIpc) is 2.66. The van der Waals surface area contributed by atoms with E-state index in [1.165, 1.54) is 31.2 Å². The Morgan fingerprint density at radius 1 is 0.968 bits per heavy atom. The van der Waals surface area contributed by atoms with Crippen LogP contribution in [0.1, 0.15) is 45.6 Å². The number of benzene rings is 2. The molecule has 0 aromatic heterocycles. The largest absolute Gasteiger partial charge is 0.355 e. The van der Waals surface area contributed by atoms with Gasteiger partial charge in [0, 0.05) is 24.8 Å². The van der Waals surface area contributed by atoms with E-state index in [1.807, 2.05) is 12.1 Å². The van der Waals surface area contributed by atoms with Gasteiger partial charge in [-0.25, -0.2) is 8.42 Å². The molecule has 0 radical (unpaired) electrons. The van der Waals surface area contributed by atoms with Gasteiger partial charge in [-0.15, -0.1) is 0 Å². The van der Waals surface area contributed by atoms with Crippen LogP contribution in [0.2, 0.25) is 0 Å². The van der Waals surface area contributed by atoms with Crippen LogP contribution in [-0.2, 0) is 25.0 Å². The lowest BCUT2D eigenvalue weighted by Gasteiger charge is -2.41. The van der Waals surface area contributed by atoms with Crippen molar-refractivity contribution in [1.82, 2.24) is 5.32 Å². The topological polar surface area (TPSA) is 104 Å². The Hall–Kier alpha value is -2.87. The third-order valence-corrected chi connectivity index (χ3v) is 6.88. The Bertz CT molecular complexity index is 1040. The van der Waals surface area contributed by atoms with Gasteiger partial charge in [-0.1, -0.05) is 32.4 Å². The standard InChI is InChI=1S/C23H29N3O4S/c1-16(2)15-24-22(28)23(13-4-14-23)18-5-7-20(8-6-18)26-31(29,30)21-11-9-19(10-12-21)25-17(3)27/h5-12,16,26H,4,13-15H2,1-3H3,(H,24,28)(H,25,27). The normalized spacial score (nSPS) is 15.1. The van der Waals surface area contributed by atoms with Gasteiger partial charge < -0.3 is 10.6 Å². The summed E-state index contributed by atoms with van der Waals surface area (Å²) in [4.78, 5) is 24.0. The lowest BCUT2D eigenvalue weighted by molar-refractivity contribution is -0.130. The van der Waals surface area contributed by atoms with Gasteiger partial charge in [0.25, 0.3) is 10.0 Å². The van der Waals surface area contributed by atoms with E-state index in [0.717, 1.165) is 24.8 Å². The summed E-state index contributed by atoms with van der Waals surface area (Å²) in [5, 5.41) is 5.64. The van der Waals surface area contributed by atoms with Crippen LogP contribution >= 0.6 is 0 Å². The monoisotopic (exact) mass is 443 g/mol. The molecular formula is C23H29N3O4S. The number of hydrogen-bond donors (Lipinski definition) is 3. The zero-order valence-corrected chi connectivity index (χ0v) is 18.9. The zero-order chi connectivity index (χ0) is 22.6. The fraction of sp³-hybridized carbons (Fsp3) is 0.391. The SMILES string of the molecule is CC(=O)Nc1ccc(S(=O)(=O)Nc2ccc(C3(C(=O)NCC(C)C)CCC3)cc2)cc1. The molecule has 2 aromatic carbocycles. The Kier molecular flexibility index (Phi) is 6.69. The van der Waals surface area contributed by atoms with Crippen molar-refractivity contribution >= 4 is 33.2 Å². The molecule has 0 atom stereocenters. The molecule has 2 amide bonds. The van der Waals surface area contributed by atoms with E-state index < -0.39 is 15.4 Å². The van der Waals surface area contributed by atoms with Crippen molar-refractivity contribution in [3.8, 4) is 0 Å². The second kappa shape index (κ2) is 9.09.